The SMILES string of the molecule is CCCNc1ncc(F)c(NC2CCCc3sccc32)n1. The van der Waals surface area contributed by atoms with Crippen LogP contribution in [0.2, 0.25) is 0 Å². The second kappa shape index (κ2) is 6.39. The van der Waals surface area contributed by atoms with E-state index in [0.717, 1.165) is 32.2 Å². The van der Waals surface area contributed by atoms with Crippen molar-refractivity contribution in [3.63, 3.8) is 0 Å². The van der Waals surface area contributed by atoms with Crippen LogP contribution in [0.1, 0.15) is 42.7 Å². The van der Waals surface area contributed by atoms with Crippen LogP contribution in [0.3, 0.4) is 0 Å². The van der Waals surface area contributed by atoms with Crippen LogP contribution >= 0.6 is 11.3 Å². The molecule has 2 aromatic heterocycles. The van der Waals surface area contributed by atoms with Gasteiger partial charge in [0.05, 0.1) is 12.2 Å². The lowest BCUT2D eigenvalue weighted by Gasteiger charge is -2.24. The highest BCUT2D eigenvalue weighted by Gasteiger charge is 2.22. The van der Waals surface area contributed by atoms with Crippen molar-refractivity contribution >= 4 is 23.1 Å². The fraction of sp³-hybridized carbons (Fsp3) is 0.467. The quantitative estimate of drug-likeness (QED) is 0.877. The predicted octanol–water partition coefficient (Wildman–Crippen LogP) is 3.99. The molecule has 0 fully saturated rings. The Kier molecular flexibility index (Phi) is 4.34. The minimum Gasteiger partial charge on any atom is -0.361 e. The number of thiophene rings is 1. The van der Waals surface area contributed by atoms with Gasteiger partial charge in [0.25, 0.3) is 0 Å². The Morgan fingerprint density at radius 2 is 2.38 bits per heavy atom. The average Bonchev–Trinajstić information content (AvgIpc) is 2.97. The summed E-state index contributed by atoms with van der Waals surface area (Å²) in [5.41, 5.74) is 1.28. The fourth-order valence-corrected chi connectivity index (χ4v) is 3.58. The zero-order valence-corrected chi connectivity index (χ0v) is 12.8. The molecule has 2 heterocycles. The van der Waals surface area contributed by atoms with E-state index >= 15 is 0 Å². The number of hydrogen-bond donors (Lipinski definition) is 2. The first-order valence-corrected chi connectivity index (χ1v) is 8.25. The van der Waals surface area contributed by atoms with Gasteiger partial charge in [0.1, 0.15) is 0 Å². The van der Waals surface area contributed by atoms with E-state index in [0.29, 0.717) is 5.95 Å². The molecule has 21 heavy (non-hydrogen) atoms. The first-order valence-electron chi connectivity index (χ1n) is 7.37. The van der Waals surface area contributed by atoms with E-state index in [9.17, 15) is 4.39 Å². The molecular weight excluding hydrogens is 287 g/mol. The van der Waals surface area contributed by atoms with Crippen LogP contribution in [0.4, 0.5) is 16.2 Å². The lowest BCUT2D eigenvalue weighted by molar-refractivity contribution is 0.584. The van der Waals surface area contributed by atoms with Crippen molar-refractivity contribution in [2.24, 2.45) is 0 Å². The second-order valence-corrected chi connectivity index (χ2v) is 6.21. The third-order valence-corrected chi connectivity index (χ3v) is 4.64. The summed E-state index contributed by atoms with van der Waals surface area (Å²) in [5, 5.41) is 8.44. The predicted molar refractivity (Wildman–Crippen MR) is 84.4 cm³/mol. The molecule has 2 N–H and O–H groups in total. The third-order valence-electron chi connectivity index (χ3n) is 3.64. The number of aryl methyl sites for hydroxylation is 1. The normalized spacial score (nSPS) is 17.3. The summed E-state index contributed by atoms with van der Waals surface area (Å²) in [4.78, 5) is 9.63. The molecule has 2 aromatic rings. The Hall–Kier alpha value is -1.69. The molecule has 3 rings (SSSR count). The maximum atomic E-state index is 13.9. The van der Waals surface area contributed by atoms with Gasteiger partial charge in [-0.2, -0.15) is 4.98 Å². The maximum absolute atomic E-state index is 13.9. The molecule has 1 aliphatic rings. The number of rotatable bonds is 5. The number of nitrogens with zero attached hydrogens (tertiary/aromatic N) is 2. The molecule has 1 unspecified atom stereocenters. The van der Waals surface area contributed by atoms with Crippen LogP contribution in [-0.2, 0) is 6.42 Å². The van der Waals surface area contributed by atoms with Gasteiger partial charge in [-0.25, -0.2) is 9.37 Å². The van der Waals surface area contributed by atoms with Crippen LogP contribution in [-0.4, -0.2) is 16.5 Å². The average molecular weight is 306 g/mol. The van der Waals surface area contributed by atoms with Crippen molar-refractivity contribution in [1.82, 2.24) is 9.97 Å². The van der Waals surface area contributed by atoms with Gasteiger partial charge in [-0.15, -0.1) is 11.3 Å². The van der Waals surface area contributed by atoms with Gasteiger partial charge in [-0.3, -0.25) is 0 Å². The molecule has 112 valence electrons. The minimum atomic E-state index is -0.403. The molecule has 0 radical (unpaired) electrons. The van der Waals surface area contributed by atoms with Crippen LogP contribution in [0.25, 0.3) is 0 Å². The Morgan fingerprint density at radius 1 is 1.48 bits per heavy atom. The van der Waals surface area contributed by atoms with Crippen molar-refractivity contribution in [2.45, 2.75) is 38.6 Å². The molecule has 6 heteroatoms. The minimum absolute atomic E-state index is 0.142. The van der Waals surface area contributed by atoms with Crippen molar-refractivity contribution in [3.05, 3.63) is 33.9 Å². The van der Waals surface area contributed by atoms with E-state index in [-0.39, 0.29) is 11.9 Å². The smallest absolute Gasteiger partial charge is 0.224 e. The largest absolute Gasteiger partial charge is 0.361 e. The summed E-state index contributed by atoms with van der Waals surface area (Å²) < 4.78 is 13.9. The number of hydrogen-bond acceptors (Lipinski definition) is 5. The van der Waals surface area contributed by atoms with Gasteiger partial charge in [0.2, 0.25) is 5.95 Å². The summed E-state index contributed by atoms with van der Waals surface area (Å²) in [6.45, 7) is 2.85. The highest BCUT2D eigenvalue weighted by atomic mass is 32.1. The second-order valence-electron chi connectivity index (χ2n) is 5.21. The first kappa shape index (κ1) is 14.3. The number of aromatic nitrogens is 2. The van der Waals surface area contributed by atoms with Crippen LogP contribution < -0.4 is 10.6 Å². The summed E-state index contributed by atoms with van der Waals surface area (Å²) in [6.07, 6.45) is 5.46. The Morgan fingerprint density at radius 3 is 3.24 bits per heavy atom. The summed E-state index contributed by atoms with van der Waals surface area (Å²) in [6, 6.07) is 2.27. The standard InChI is InChI=1S/C15H19FN4S/c1-2-7-17-15-18-9-11(16)14(20-15)19-12-4-3-5-13-10(12)6-8-21-13/h6,8-9,12H,2-5,7H2,1H3,(H2,17,18,19,20). The molecule has 0 aliphatic heterocycles. The van der Waals surface area contributed by atoms with Gasteiger partial charge < -0.3 is 10.6 Å². The molecule has 0 saturated carbocycles. The van der Waals surface area contributed by atoms with Crippen molar-refractivity contribution < 1.29 is 4.39 Å². The summed E-state index contributed by atoms with van der Waals surface area (Å²) in [7, 11) is 0. The lowest BCUT2D eigenvalue weighted by atomic mass is 9.94. The lowest BCUT2D eigenvalue weighted by Crippen LogP contribution is -2.18. The zero-order chi connectivity index (χ0) is 14.7. The maximum Gasteiger partial charge on any atom is 0.224 e. The van der Waals surface area contributed by atoms with E-state index in [1.165, 1.54) is 16.6 Å². The summed E-state index contributed by atoms with van der Waals surface area (Å²) >= 11 is 1.78. The van der Waals surface area contributed by atoms with Gasteiger partial charge >= 0.3 is 0 Å². The van der Waals surface area contributed by atoms with E-state index in [4.69, 9.17) is 0 Å². The van der Waals surface area contributed by atoms with Gasteiger partial charge in [-0.1, -0.05) is 6.92 Å². The molecule has 1 atom stereocenters. The molecule has 4 nitrogen and oxygen atoms in total. The van der Waals surface area contributed by atoms with Crippen LogP contribution in [0.5, 0.6) is 0 Å². The Balaban J connectivity index is 1.79. The highest BCUT2D eigenvalue weighted by Crippen LogP contribution is 2.35. The van der Waals surface area contributed by atoms with Crippen LogP contribution in [0, 0.1) is 5.82 Å². The highest BCUT2D eigenvalue weighted by molar-refractivity contribution is 7.10. The number of halogens is 1. The van der Waals surface area contributed by atoms with Crippen molar-refractivity contribution in [3.8, 4) is 0 Å². The van der Waals surface area contributed by atoms with Gasteiger partial charge in [-0.05, 0) is 42.7 Å². The number of fused-ring (bicyclic) bond motifs is 1. The third kappa shape index (κ3) is 3.15. The molecule has 0 amide bonds. The molecule has 0 bridgehead atoms. The zero-order valence-electron chi connectivity index (χ0n) is 12.0. The van der Waals surface area contributed by atoms with E-state index < -0.39 is 5.82 Å². The van der Waals surface area contributed by atoms with Crippen molar-refractivity contribution in [2.75, 3.05) is 17.2 Å². The molecular formula is C15H19FN4S. The van der Waals surface area contributed by atoms with Crippen LogP contribution in [0.15, 0.2) is 17.6 Å². The number of anilines is 2. The molecule has 1 aliphatic carbocycles. The Labute approximate surface area is 127 Å². The van der Waals surface area contributed by atoms with Gasteiger partial charge in [0, 0.05) is 11.4 Å². The topological polar surface area (TPSA) is 49.8 Å². The van der Waals surface area contributed by atoms with E-state index in [1.807, 2.05) is 0 Å². The monoisotopic (exact) mass is 306 g/mol. The fourth-order valence-electron chi connectivity index (χ4n) is 2.59. The molecule has 0 aromatic carbocycles. The van der Waals surface area contributed by atoms with E-state index in [1.54, 1.807) is 11.3 Å². The first-order chi connectivity index (χ1) is 10.3. The molecule has 0 saturated heterocycles. The van der Waals surface area contributed by atoms with Gasteiger partial charge in [0.15, 0.2) is 11.6 Å². The Bertz CT molecular complexity index is 613. The number of nitrogens with one attached hydrogen (secondary N) is 2. The van der Waals surface area contributed by atoms with E-state index in [2.05, 4.69) is 39.0 Å². The van der Waals surface area contributed by atoms with Crippen molar-refractivity contribution in [1.29, 1.82) is 0 Å². The molecule has 0 spiro atoms. The summed E-state index contributed by atoms with van der Waals surface area (Å²) in [5.74, 6) is 0.356.